The van der Waals surface area contributed by atoms with Crippen LogP contribution in [0.1, 0.15) is 0 Å². The van der Waals surface area contributed by atoms with Crippen molar-refractivity contribution < 1.29 is 17.7 Å². The molecule has 0 saturated carbocycles. The summed E-state index contributed by atoms with van der Waals surface area (Å²) >= 11 is 8.69. The molecule has 1 aromatic carbocycles. The van der Waals surface area contributed by atoms with Crippen LogP contribution in [0.4, 0.5) is 0 Å². The molecule has 0 saturated heterocycles. The lowest BCUT2D eigenvalue weighted by Crippen LogP contribution is -2.02. The maximum Gasteiger partial charge on any atom is 0.298 e. The molecule has 0 aromatic heterocycles. The van der Waals surface area contributed by atoms with Gasteiger partial charge in [-0.15, -0.1) is 0 Å². The van der Waals surface area contributed by atoms with Gasteiger partial charge in [-0.3, -0.25) is 4.55 Å². The number of ether oxygens (including phenoxy) is 1. The van der Waals surface area contributed by atoms with Gasteiger partial charge in [-0.05, 0) is 28.1 Å². The lowest BCUT2D eigenvalue weighted by atomic mass is 10.3. The first kappa shape index (κ1) is 11.8. The van der Waals surface area contributed by atoms with Crippen LogP contribution in [-0.4, -0.2) is 20.1 Å². The van der Waals surface area contributed by atoms with E-state index in [0.717, 1.165) is 6.07 Å². The Kier molecular flexibility index (Phi) is 3.41. The van der Waals surface area contributed by atoms with Crippen LogP contribution in [-0.2, 0) is 10.1 Å². The van der Waals surface area contributed by atoms with E-state index in [4.69, 9.17) is 20.9 Å². The third-order valence-electron chi connectivity index (χ3n) is 1.46. The fourth-order valence-electron chi connectivity index (χ4n) is 0.926. The first-order valence-corrected chi connectivity index (χ1v) is 5.98. The van der Waals surface area contributed by atoms with Gasteiger partial charge in [0.05, 0.1) is 11.6 Å². The topological polar surface area (TPSA) is 63.6 Å². The molecule has 0 bridgehead atoms. The zero-order valence-electron chi connectivity index (χ0n) is 6.99. The summed E-state index contributed by atoms with van der Waals surface area (Å²) in [4.78, 5) is -0.362. The van der Waals surface area contributed by atoms with Crippen molar-refractivity contribution >= 4 is 37.6 Å². The molecule has 0 aliphatic heterocycles. The van der Waals surface area contributed by atoms with Crippen molar-refractivity contribution in [2.75, 3.05) is 7.11 Å². The van der Waals surface area contributed by atoms with Crippen molar-refractivity contribution in [3.8, 4) is 5.75 Å². The maximum absolute atomic E-state index is 10.9. The lowest BCUT2D eigenvalue weighted by molar-refractivity contribution is 0.395. The average molecular weight is 302 g/mol. The first-order chi connectivity index (χ1) is 6.36. The Labute approximate surface area is 94.7 Å². The molecule has 7 heteroatoms. The summed E-state index contributed by atoms with van der Waals surface area (Å²) in [5.74, 6) is 0.0249. The molecule has 0 unspecified atom stereocenters. The second kappa shape index (κ2) is 4.06. The average Bonchev–Trinajstić information content (AvgIpc) is 2.01. The molecular formula is C7H6BrClO4S. The Hall–Kier alpha value is -0.300. The van der Waals surface area contributed by atoms with Crippen LogP contribution in [0.2, 0.25) is 5.02 Å². The molecule has 1 rings (SSSR count). The summed E-state index contributed by atoms with van der Waals surface area (Å²) in [5, 5.41) is 0.185. The number of rotatable bonds is 2. The van der Waals surface area contributed by atoms with Crippen LogP contribution < -0.4 is 4.74 Å². The Morgan fingerprint density at radius 3 is 2.50 bits per heavy atom. The first-order valence-electron chi connectivity index (χ1n) is 3.37. The summed E-state index contributed by atoms with van der Waals surface area (Å²) in [5.41, 5.74) is 0. The highest BCUT2D eigenvalue weighted by Crippen LogP contribution is 2.35. The Balaban J connectivity index is 3.56. The molecule has 1 aromatic rings. The maximum atomic E-state index is 10.9. The van der Waals surface area contributed by atoms with E-state index in [1.807, 2.05) is 0 Å². The number of halogens is 2. The lowest BCUT2D eigenvalue weighted by Gasteiger charge is -2.08. The van der Waals surface area contributed by atoms with Gasteiger partial charge in [0.2, 0.25) is 0 Å². The minimum absolute atomic E-state index is 0.0249. The third kappa shape index (κ3) is 2.38. The highest BCUT2D eigenvalue weighted by molar-refractivity contribution is 9.10. The smallest absolute Gasteiger partial charge is 0.298 e. The fraction of sp³-hybridized carbons (Fsp3) is 0.143. The van der Waals surface area contributed by atoms with Crippen LogP contribution in [0.25, 0.3) is 0 Å². The number of methoxy groups -OCH3 is 1. The van der Waals surface area contributed by atoms with Gasteiger partial charge in [-0.25, -0.2) is 0 Å². The monoisotopic (exact) mass is 300 g/mol. The summed E-state index contributed by atoms with van der Waals surface area (Å²) in [7, 11) is -3.04. The molecule has 1 N–H and O–H groups in total. The molecule has 0 spiro atoms. The van der Waals surface area contributed by atoms with E-state index in [0.29, 0.717) is 4.47 Å². The number of benzene rings is 1. The predicted octanol–water partition coefficient (Wildman–Crippen LogP) is 2.36. The highest BCUT2D eigenvalue weighted by Gasteiger charge is 2.19. The number of hydrogen-bond acceptors (Lipinski definition) is 3. The van der Waals surface area contributed by atoms with E-state index < -0.39 is 10.1 Å². The minimum Gasteiger partial charge on any atom is -0.494 e. The quantitative estimate of drug-likeness (QED) is 0.852. The minimum atomic E-state index is -4.33. The Morgan fingerprint density at radius 2 is 2.07 bits per heavy atom. The van der Waals surface area contributed by atoms with Gasteiger partial charge in [-0.2, -0.15) is 8.42 Å². The van der Waals surface area contributed by atoms with Gasteiger partial charge >= 0.3 is 0 Å². The van der Waals surface area contributed by atoms with Gasteiger partial charge < -0.3 is 4.74 Å². The van der Waals surface area contributed by atoms with Gasteiger partial charge in [0.1, 0.15) is 4.90 Å². The zero-order valence-corrected chi connectivity index (χ0v) is 10.1. The highest BCUT2D eigenvalue weighted by atomic mass is 79.9. The molecular weight excluding hydrogens is 295 g/mol. The van der Waals surface area contributed by atoms with Crippen molar-refractivity contribution in [3.63, 3.8) is 0 Å². The van der Waals surface area contributed by atoms with Crippen LogP contribution in [0.3, 0.4) is 0 Å². The van der Waals surface area contributed by atoms with Gasteiger partial charge in [0, 0.05) is 5.02 Å². The van der Waals surface area contributed by atoms with Crippen LogP contribution >= 0.6 is 27.5 Å². The largest absolute Gasteiger partial charge is 0.494 e. The van der Waals surface area contributed by atoms with Crippen molar-refractivity contribution in [2.24, 2.45) is 0 Å². The fourth-order valence-corrected chi connectivity index (χ4v) is 2.80. The van der Waals surface area contributed by atoms with E-state index in [1.54, 1.807) is 0 Å². The van der Waals surface area contributed by atoms with Gasteiger partial charge in [0.25, 0.3) is 10.1 Å². The normalized spacial score (nSPS) is 11.4. The van der Waals surface area contributed by atoms with Gasteiger partial charge in [0.15, 0.2) is 5.75 Å². The van der Waals surface area contributed by atoms with Crippen LogP contribution in [0, 0.1) is 0 Å². The van der Waals surface area contributed by atoms with Crippen molar-refractivity contribution in [2.45, 2.75) is 4.90 Å². The third-order valence-corrected chi connectivity index (χ3v) is 3.12. The van der Waals surface area contributed by atoms with Crippen LogP contribution in [0.15, 0.2) is 21.5 Å². The molecule has 0 heterocycles. The number of hydrogen-bond donors (Lipinski definition) is 1. The van der Waals surface area contributed by atoms with E-state index in [2.05, 4.69) is 15.9 Å². The van der Waals surface area contributed by atoms with E-state index in [-0.39, 0.29) is 15.7 Å². The second-order valence-corrected chi connectivity index (χ2v) is 5.07. The molecule has 0 aliphatic rings. The van der Waals surface area contributed by atoms with Crippen molar-refractivity contribution in [1.29, 1.82) is 0 Å². The van der Waals surface area contributed by atoms with E-state index in [1.165, 1.54) is 13.2 Å². The van der Waals surface area contributed by atoms with Crippen molar-refractivity contribution in [1.82, 2.24) is 0 Å². The molecule has 14 heavy (non-hydrogen) atoms. The predicted molar refractivity (Wildman–Crippen MR) is 55.5 cm³/mol. The second-order valence-electron chi connectivity index (χ2n) is 2.39. The molecule has 0 amide bonds. The molecule has 78 valence electrons. The summed E-state index contributed by atoms with van der Waals surface area (Å²) < 4.78 is 35.9. The van der Waals surface area contributed by atoms with Crippen LogP contribution in [0.5, 0.6) is 5.75 Å². The summed E-state index contributed by atoms with van der Waals surface area (Å²) in [6.45, 7) is 0. The summed E-state index contributed by atoms with van der Waals surface area (Å²) in [6.07, 6.45) is 0. The standard InChI is InChI=1S/C7H6BrClO4S/c1-13-7-5(8)2-4(9)3-6(7)14(10,11)12/h2-3H,1H3,(H,10,11,12). The van der Waals surface area contributed by atoms with Crippen molar-refractivity contribution in [3.05, 3.63) is 21.6 Å². The molecule has 0 atom stereocenters. The SMILES string of the molecule is COc1c(Br)cc(Cl)cc1S(=O)(=O)O. The van der Waals surface area contributed by atoms with E-state index >= 15 is 0 Å². The molecule has 0 radical (unpaired) electrons. The summed E-state index contributed by atoms with van der Waals surface area (Å²) in [6, 6.07) is 2.58. The Bertz CT molecular complexity index is 457. The molecule has 4 nitrogen and oxygen atoms in total. The Morgan fingerprint density at radius 1 is 1.50 bits per heavy atom. The molecule has 0 fully saturated rings. The van der Waals surface area contributed by atoms with E-state index in [9.17, 15) is 8.42 Å². The zero-order chi connectivity index (χ0) is 10.9. The molecule has 0 aliphatic carbocycles. The van der Waals surface area contributed by atoms with Gasteiger partial charge in [-0.1, -0.05) is 11.6 Å².